The summed E-state index contributed by atoms with van der Waals surface area (Å²) in [7, 11) is 0. The van der Waals surface area contributed by atoms with Crippen molar-refractivity contribution in [1.29, 1.82) is 0 Å². The molecule has 1 aromatic carbocycles. The highest BCUT2D eigenvalue weighted by molar-refractivity contribution is 9.10. The minimum absolute atomic E-state index is 0.0795. The zero-order chi connectivity index (χ0) is 12.5. The Kier molecular flexibility index (Phi) is 3.82. The number of hydrogen-bond acceptors (Lipinski definition) is 2. The van der Waals surface area contributed by atoms with Gasteiger partial charge in [0.05, 0.1) is 10.2 Å². The summed E-state index contributed by atoms with van der Waals surface area (Å²) in [4.78, 5) is 11.0. The molecule has 0 saturated carbocycles. The number of halogens is 2. The molecule has 1 aromatic rings. The number of aryl methyl sites for hydroxylation is 1. The van der Waals surface area contributed by atoms with Crippen molar-refractivity contribution in [3.05, 3.63) is 27.5 Å². The third kappa shape index (κ3) is 2.48. The molecule has 0 radical (unpaired) electrons. The molecule has 4 nitrogen and oxygen atoms in total. The Morgan fingerprint density at radius 3 is 2.69 bits per heavy atom. The molecular formula is C9H8BrFN2O2S. The first-order valence-electron chi connectivity index (χ1n) is 4.13. The van der Waals surface area contributed by atoms with Gasteiger partial charge in [-0.05, 0) is 46.7 Å². The molecule has 0 saturated heterocycles. The smallest absolute Gasteiger partial charge is 0.339 e. The Morgan fingerprint density at radius 2 is 2.25 bits per heavy atom. The number of carboxylic acid groups (broad SMARTS) is 1. The van der Waals surface area contributed by atoms with Crippen molar-refractivity contribution in [3.8, 4) is 0 Å². The van der Waals surface area contributed by atoms with E-state index in [2.05, 4.69) is 33.5 Å². The molecule has 0 aliphatic rings. The van der Waals surface area contributed by atoms with E-state index >= 15 is 0 Å². The number of aromatic carboxylic acids is 1. The number of hydrogen-bond donors (Lipinski definition) is 3. The first-order chi connectivity index (χ1) is 7.34. The summed E-state index contributed by atoms with van der Waals surface area (Å²) in [5.74, 6) is -1.92. The van der Waals surface area contributed by atoms with Crippen LogP contribution in [0, 0.1) is 12.7 Å². The molecular weight excluding hydrogens is 299 g/mol. The first kappa shape index (κ1) is 12.9. The van der Waals surface area contributed by atoms with Crippen molar-refractivity contribution < 1.29 is 14.3 Å². The van der Waals surface area contributed by atoms with E-state index in [9.17, 15) is 9.18 Å². The van der Waals surface area contributed by atoms with Gasteiger partial charge in [0.1, 0.15) is 11.4 Å². The molecule has 0 atom stereocenters. The molecule has 16 heavy (non-hydrogen) atoms. The van der Waals surface area contributed by atoms with Crippen molar-refractivity contribution >= 4 is 44.9 Å². The molecule has 0 amide bonds. The average molecular weight is 307 g/mol. The van der Waals surface area contributed by atoms with Crippen LogP contribution in [0.15, 0.2) is 10.5 Å². The Hall–Kier alpha value is -1.21. The summed E-state index contributed by atoms with van der Waals surface area (Å²) in [6, 6.07) is 1.19. The maximum absolute atomic E-state index is 13.3. The Bertz CT molecular complexity index is 479. The standard InChI is InChI=1S/C9H8BrFN2O2S/c1-3-2-4(11)6(10)5(8(14)15)7(3)13-9(12)16/h2H,1H3,(H,14,15)(H3,12,13,16). The van der Waals surface area contributed by atoms with E-state index in [0.29, 0.717) is 5.56 Å². The summed E-state index contributed by atoms with van der Waals surface area (Å²) >= 11 is 7.50. The van der Waals surface area contributed by atoms with Gasteiger partial charge in [-0.2, -0.15) is 0 Å². The Balaban J connectivity index is 3.50. The van der Waals surface area contributed by atoms with Crippen LogP contribution in [0.25, 0.3) is 0 Å². The van der Waals surface area contributed by atoms with Crippen LogP contribution in [0.5, 0.6) is 0 Å². The molecule has 0 aliphatic heterocycles. The molecule has 1 rings (SSSR count). The number of carboxylic acids is 1. The van der Waals surface area contributed by atoms with Crippen LogP contribution in [-0.2, 0) is 0 Å². The number of nitrogens with one attached hydrogen (secondary N) is 1. The van der Waals surface area contributed by atoms with Gasteiger partial charge in [-0.1, -0.05) is 0 Å². The van der Waals surface area contributed by atoms with Crippen LogP contribution >= 0.6 is 28.1 Å². The summed E-state index contributed by atoms with van der Waals surface area (Å²) < 4.78 is 13.2. The van der Waals surface area contributed by atoms with Crippen molar-refractivity contribution in [3.63, 3.8) is 0 Å². The van der Waals surface area contributed by atoms with Crippen molar-refractivity contribution in [2.75, 3.05) is 5.32 Å². The predicted molar refractivity (Wildman–Crippen MR) is 66.2 cm³/mol. The molecule has 0 aliphatic carbocycles. The number of anilines is 1. The van der Waals surface area contributed by atoms with Crippen LogP contribution in [0.1, 0.15) is 15.9 Å². The second-order valence-electron chi connectivity index (χ2n) is 3.03. The number of rotatable bonds is 2. The fourth-order valence-electron chi connectivity index (χ4n) is 1.24. The zero-order valence-electron chi connectivity index (χ0n) is 8.17. The van der Waals surface area contributed by atoms with E-state index in [1.165, 1.54) is 6.07 Å². The largest absolute Gasteiger partial charge is 0.478 e. The van der Waals surface area contributed by atoms with Gasteiger partial charge < -0.3 is 16.2 Å². The quantitative estimate of drug-likeness (QED) is 0.731. The molecule has 0 unspecified atom stereocenters. The van der Waals surface area contributed by atoms with Crippen LogP contribution in [0.4, 0.5) is 10.1 Å². The van der Waals surface area contributed by atoms with Gasteiger partial charge in [0.2, 0.25) is 0 Å². The molecule has 0 bridgehead atoms. The van der Waals surface area contributed by atoms with Crippen LogP contribution in [0.2, 0.25) is 0 Å². The summed E-state index contributed by atoms with van der Waals surface area (Å²) in [5, 5.41) is 11.4. The number of carbonyl (C=O) groups is 1. The molecule has 0 heterocycles. The molecule has 0 fully saturated rings. The fraction of sp³-hybridized carbons (Fsp3) is 0.111. The van der Waals surface area contributed by atoms with Crippen molar-refractivity contribution in [2.45, 2.75) is 6.92 Å². The van der Waals surface area contributed by atoms with Gasteiger partial charge in [0.15, 0.2) is 5.11 Å². The van der Waals surface area contributed by atoms with E-state index in [1.807, 2.05) is 0 Å². The van der Waals surface area contributed by atoms with Gasteiger partial charge in [-0.3, -0.25) is 0 Å². The summed E-state index contributed by atoms with van der Waals surface area (Å²) in [5.41, 5.74) is 5.63. The van der Waals surface area contributed by atoms with Gasteiger partial charge in [-0.25, -0.2) is 9.18 Å². The maximum Gasteiger partial charge on any atom is 0.339 e. The van der Waals surface area contributed by atoms with Gasteiger partial charge in [0.25, 0.3) is 0 Å². The molecule has 0 aromatic heterocycles. The first-order valence-corrected chi connectivity index (χ1v) is 5.33. The summed E-state index contributed by atoms with van der Waals surface area (Å²) in [6.45, 7) is 1.56. The lowest BCUT2D eigenvalue weighted by atomic mass is 10.1. The minimum atomic E-state index is -1.27. The minimum Gasteiger partial charge on any atom is -0.478 e. The van der Waals surface area contributed by atoms with Crippen molar-refractivity contribution in [1.82, 2.24) is 0 Å². The third-order valence-electron chi connectivity index (χ3n) is 1.88. The summed E-state index contributed by atoms with van der Waals surface area (Å²) in [6.07, 6.45) is 0. The highest BCUT2D eigenvalue weighted by atomic mass is 79.9. The number of nitrogens with two attached hydrogens (primary N) is 1. The van der Waals surface area contributed by atoms with Gasteiger partial charge in [-0.15, -0.1) is 0 Å². The van der Waals surface area contributed by atoms with Crippen LogP contribution < -0.4 is 11.1 Å². The Morgan fingerprint density at radius 1 is 1.69 bits per heavy atom. The Labute approximate surface area is 105 Å². The molecule has 7 heteroatoms. The molecule has 4 N–H and O–H groups in total. The number of thiocarbonyl (C=S) groups is 1. The van der Waals surface area contributed by atoms with E-state index in [1.54, 1.807) is 6.92 Å². The second-order valence-corrected chi connectivity index (χ2v) is 4.27. The maximum atomic E-state index is 13.3. The van der Waals surface area contributed by atoms with E-state index < -0.39 is 11.8 Å². The second kappa shape index (κ2) is 4.75. The van der Waals surface area contributed by atoms with E-state index in [0.717, 1.165) is 0 Å². The van der Waals surface area contributed by atoms with E-state index in [4.69, 9.17) is 10.8 Å². The monoisotopic (exact) mass is 306 g/mol. The molecule has 86 valence electrons. The third-order valence-corrected chi connectivity index (χ3v) is 2.76. The van der Waals surface area contributed by atoms with Crippen LogP contribution in [-0.4, -0.2) is 16.2 Å². The van der Waals surface area contributed by atoms with Gasteiger partial charge in [0, 0.05) is 0 Å². The SMILES string of the molecule is Cc1cc(F)c(Br)c(C(=O)O)c1NC(N)=S. The normalized spacial score (nSPS) is 9.94. The lowest BCUT2D eigenvalue weighted by Gasteiger charge is -2.13. The highest BCUT2D eigenvalue weighted by Gasteiger charge is 2.20. The van der Waals surface area contributed by atoms with E-state index in [-0.39, 0.29) is 20.8 Å². The zero-order valence-corrected chi connectivity index (χ0v) is 10.6. The lowest BCUT2D eigenvalue weighted by molar-refractivity contribution is 0.0696. The topological polar surface area (TPSA) is 75.3 Å². The number of benzene rings is 1. The van der Waals surface area contributed by atoms with Crippen LogP contribution in [0.3, 0.4) is 0 Å². The predicted octanol–water partition coefficient (Wildman–Crippen LogP) is 2.25. The lowest BCUT2D eigenvalue weighted by Crippen LogP contribution is -2.22. The average Bonchev–Trinajstić information content (AvgIpc) is 2.13. The fourth-order valence-corrected chi connectivity index (χ4v) is 1.82. The molecule has 0 spiro atoms. The van der Waals surface area contributed by atoms with Crippen molar-refractivity contribution in [2.24, 2.45) is 5.73 Å². The van der Waals surface area contributed by atoms with Gasteiger partial charge >= 0.3 is 5.97 Å². The highest BCUT2D eigenvalue weighted by Crippen LogP contribution is 2.31.